The molecule has 108 valence electrons. The van der Waals surface area contributed by atoms with Crippen LogP contribution < -0.4 is 34.3 Å². The van der Waals surface area contributed by atoms with E-state index in [1.54, 1.807) is 24.3 Å². The van der Waals surface area contributed by atoms with Gasteiger partial charge >= 0.3 is 35.5 Å². The van der Waals surface area contributed by atoms with Crippen molar-refractivity contribution in [1.82, 2.24) is 0 Å². The minimum Gasteiger partial charge on any atom is -1.00 e. The van der Waals surface area contributed by atoms with E-state index in [1.807, 2.05) is 36.4 Å². The van der Waals surface area contributed by atoms with Gasteiger partial charge in [-0.3, -0.25) is 0 Å². The molecular weight excluding hydrogens is 275 g/mol. The van der Waals surface area contributed by atoms with Crippen LogP contribution in [-0.2, 0) is 0 Å². The summed E-state index contributed by atoms with van der Waals surface area (Å²) in [6.07, 6.45) is 1.98. The maximum Gasteiger partial charge on any atom is 1.00 e. The monoisotopic (exact) mass is 296 g/mol. The van der Waals surface area contributed by atoms with Crippen molar-refractivity contribution in [2.45, 2.75) is 19.8 Å². The molecular formula is C17H21NaO3. The molecule has 0 atom stereocenters. The minimum atomic E-state index is -0.947. The zero-order chi connectivity index (χ0) is 14.6. The summed E-state index contributed by atoms with van der Waals surface area (Å²) < 4.78 is 5.36. The van der Waals surface area contributed by atoms with Crippen molar-refractivity contribution < 1.29 is 45.6 Å². The Bertz CT molecular complexity index is 480. The van der Waals surface area contributed by atoms with Gasteiger partial charge in [-0.2, -0.15) is 0 Å². The summed E-state index contributed by atoms with van der Waals surface area (Å²) in [7, 11) is 0. The standard InChI is InChI=1S/C11H14O3.C6H6.Na.H/c1-2-3-8-14-10-7-5-4-6-9(10)11(12)13;1-2-4-6-5-3-1;;/h4-7H,2-3,8H2,1H3,(H,12,13);1-6H;;/q;;+1;-1. The van der Waals surface area contributed by atoms with E-state index in [9.17, 15) is 4.79 Å². The van der Waals surface area contributed by atoms with Crippen molar-refractivity contribution in [3.05, 3.63) is 66.2 Å². The van der Waals surface area contributed by atoms with Gasteiger partial charge in [-0.1, -0.05) is 61.9 Å². The molecule has 3 nitrogen and oxygen atoms in total. The summed E-state index contributed by atoms with van der Waals surface area (Å²) in [4.78, 5) is 10.8. The Balaban J connectivity index is 0. The number of hydrogen-bond acceptors (Lipinski definition) is 2. The van der Waals surface area contributed by atoms with Crippen LogP contribution in [0, 0.1) is 0 Å². The molecule has 4 heteroatoms. The number of ether oxygens (including phenoxy) is 1. The molecule has 0 aromatic heterocycles. The van der Waals surface area contributed by atoms with Crippen LogP contribution in [0.1, 0.15) is 31.6 Å². The maximum atomic E-state index is 10.8. The van der Waals surface area contributed by atoms with Gasteiger partial charge in [0.25, 0.3) is 0 Å². The SMILES string of the molecule is CCCCOc1ccccc1C(=O)O.[H-].[Na+].c1ccccc1. The van der Waals surface area contributed by atoms with Crippen molar-refractivity contribution in [1.29, 1.82) is 0 Å². The Kier molecular flexibility index (Phi) is 11.7. The van der Waals surface area contributed by atoms with Gasteiger partial charge in [0, 0.05) is 0 Å². The van der Waals surface area contributed by atoms with Crippen molar-refractivity contribution in [2.75, 3.05) is 6.61 Å². The number of carbonyl (C=O) groups is 1. The van der Waals surface area contributed by atoms with E-state index < -0.39 is 5.97 Å². The average molecular weight is 296 g/mol. The third-order valence-corrected chi connectivity index (χ3v) is 2.54. The van der Waals surface area contributed by atoms with Crippen molar-refractivity contribution in [3.63, 3.8) is 0 Å². The number of para-hydroxylation sites is 1. The summed E-state index contributed by atoms with van der Waals surface area (Å²) in [5.74, 6) is -0.495. The van der Waals surface area contributed by atoms with E-state index in [-0.39, 0.29) is 36.5 Å². The Morgan fingerprint density at radius 3 is 2.05 bits per heavy atom. The van der Waals surface area contributed by atoms with Gasteiger partial charge in [0.2, 0.25) is 0 Å². The first-order valence-corrected chi connectivity index (χ1v) is 6.70. The van der Waals surface area contributed by atoms with Gasteiger partial charge in [0.1, 0.15) is 11.3 Å². The fourth-order valence-electron chi connectivity index (χ4n) is 1.48. The molecule has 0 spiro atoms. The molecule has 0 amide bonds. The van der Waals surface area contributed by atoms with Gasteiger partial charge in [-0.05, 0) is 18.6 Å². The topological polar surface area (TPSA) is 46.5 Å². The quantitative estimate of drug-likeness (QED) is 0.669. The first kappa shape index (κ1) is 19.7. The molecule has 0 bridgehead atoms. The van der Waals surface area contributed by atoms with Gasteiger partial charge in [-0.15, -0.1) is 0 Å². The summed E-state index contributed by atoms with van der Waals surface area (Å²) in [6.45, 7) is 2.63. The fourth-order valence-corrected chi connectivity index (χ4v) is 1.48. The van der Waals surface area contributed by atoms with E-state index in [0.29, 0.717) is 12.4 Å². The number of aromatic carboxylic acids is 1. The van der Waals surface area contributed by atoms with Crippen molar-refractivity contribution >= 4 is 5.97 Å². The molecule has 2 rings (SSSR count). The summed E-state index contributed by atoms with van der Waals surface area (Å²) in [6, 6.07) is 18.7. The van der Waals surface area contributed by atoms with Crippen molar-refractivity contribution in [2.24, 2.45) is 0 Å². The predicted molar refractivity (Wildman–Crippen MR) is 81.4 cm³/mol. The molecule has 1 N–H and O–H groups in total. The minimum absolute atomic E-state index is 0. The molecule has 2 aromatic carbocycles. The van der Waals surface area contributed by atoms with E-state index in [2.05, 4.69) is 6.92 Å². The van der Waals surface area contributed by atoms with E-state index >= 15 is 0 Å². The van der Waals surface area contributed by atoms with E-state index in [1.165, 1.54) is 0 Å². The van der Waals surface area contributed by atoms with Crippen LogP contribution in [0.4, 0.5) is 0 Å². The molecule has 0 saturated heterocycles. The van der Waals surface area contributed by atoms with Crippen LogP contribution in [0.25, 0.3) is 0 Å². The van der Waals surface area contributed by atoms with Crippen LogP contribution in [0.2, 0.25) is 0 Å². The number of carboxylic acids is 1. The molecule has 2 aromatic rings. The second-order valence-electron chi connectivity index (χ2n) is 4.16. The van der Waals surface area contributed by atoms with Crippen molar-refractivity contribution in [3.8, 4) is 5.75 Å². The second kappa shape index (κ2) is 12.5. The number of carboxylic acid groups (broad SMARTS) is 1. The molecule has 0 aliphatic rings. The molecule has 0 unspecified atom stereocenters. The first-order valence-electron chi connectivity index (χ1n) is 6.70. The smallest absolute Gasteiger partial charge is 1.00 e. The Morgan fingerprint density at radius 2 is 1.57 bits per heavy atom. The third kappa shape index (κ3) is 8.56. The molecule has 0 saturated carbocycles. The second-order valence-corrected chi connectivity index (χ2v) is 4.16. The molecule has 0 aliphatic carbocycles. The normalized spacial score (nSPS) is 8.81. The largest absolute Gasteiger partial charge is 1.00 e. The van der Waals surface area contributed by atoms with E-state index in [4.69, 9.17) is 9.84 Å². The number of rotatable bonds is 5. The van der Waals surface area contributed by atoms with Crippen LogP contribution in [0.15, 0.2) is 60.7 Å². The van der Waals surface area contributed by atoms with Gasteiger partial charge < -0.3 is 11.3 Å². The van der Waals surface area contributed by atoms with Crippen LogP contribution >= 0.6 is 0 Å². The Labute approximate surface area is 149 Å². The zero-order valence-electron chi connectivity index (χ0n) is 13.7. The fraction of sp³-hybridized carbons (Fsp3) is 0.235. The molecule has 0 heterocycles. The number of benzene rings is 2. The summed E-state index contributed by atoms with van der Waals surface area (Å²) in [5, 5.41) is 8.84. The summed E-state index contributed by atoms with van der Waals surface area (Å²) >= 11 is 0. The van der Waals surface area contributed by atoms with E-state index in [0.717, 1.165) is 12.8 Å². The van der Waals surface area contributed by atoms with Crippen LogP contribution in [0.5, 0.6) is 5.75 Å². The molecule has 0 fully saturated rings. The Morgan fingerprint density at radius 1 is 1.05 bits per heavy atom. The zero-order valence-corrected chi connectivity index (χ0v) is 14.7. The van der Waals surface area contributed by atoms with Crippen LogP contribution in [-0.4, -0.2) is 17.7 Å². The average Bonchev–Trinajstić information content (AvgIpc) is 2.50. The number of unbranched alkanes of at least 4 members (excludes halogenated alkanes) is 1. The molecule has 0 aliphatic heterocycles. The molecule has 21 heavy (non-hydrogen) atoms. The van der Waals surface area contributed by atoms with Crippen LogP contribution in [0.3, 0.4) is 0 Å². The number of hydrogen-bond donors (Lipinski definition) is 1. The maximum absolute atomic E-state index is 10.8. The van der Waals surface area contributed by atoms with Gasteiger partial charge in [0.05, 0.1) is 6.61 Å². The third-order valence-electron chi connectivity index (χ3n) is 2.54. The van der Waals surface area contributed by atoms with Gasteiger partial charge in [0.15, 0.2) is 0 Å². The Hall–Kier alpha value is -1.29. The summed E-state index contributed by atoms with van der Waals surface area (Å²) in [5.41, 5.74) is 0.226. The molecule has 0 radical (unpaired) electrons. The first-order chi connectivity index (χ1) is 9.75. The predicted octanol–water partition coefficient (Wildman–Crippen LogP) is 1.37. The van der Waals surface area contributed by atoms with Gasteiger partial charge in [-0.25, -0.2) is 4.79 Å².